The van der Waals surface area contributed by atoms with Gasteiger partial charge in [0.15, 0.2) is 5.78 Å². The zero-order valence-corrected chi connectivity index (χ0v) is 23.2. The molecule has 2 heteroatoms. The fourth-order valence-corrected chi connectivity index (χ4v) is 9.88. The third kappa shape index (κ3) is 4.61. The molecule has 2 nitrogen and oxygen atoms in total. The second-order valence-electron chi connectivity index (χ2n) is 14.0. The molecule has 4 aliphatic rings. The fourth-order valence-electron chi connectivity index (χ4n) is 9.88. The molecular formula is C33H50O2. The minimum atomic E-state index is 0.319. The van der Waals surface area contributed by atoms with Crippen LogP contribution >= 0.6 is 0 Å². The number of allylic oxidation sites excluding steroid dienone is 1. The summed E-state index contributed by atoms with van der Waals surface area (Å²) in [6.07, 6.45) is 19.2. The van der Waals surface area contributed by atoms with Crippen LogP contribution in [0.5, 0.6) is 0 Å². The summed E-state index contributed by atoms with van der Waals surface area (Å²) in [4.78, 5) is 13.3. The van der Waals surface area contributed by atoms with E-state index in [0.29, 0.717) is 22.5 Å². The lowest BCUT2D eigenvalue weighted by atomic mass is 9.46. The van der Waals surface area contributed by atoms with E-state index in [9.17, 15) is 4.79 Å². The molecule has 0 unspecified atom stereocenters. The van der Waals surface area contributed by atoms with Gasteiger partial charge in [-0.25, -0.2) is 0 Å². The molecule has 4 fully saturated rings. The van der Waals surface area contributed by atoms with E-state index in [0.717, 1.165) is 59.7 Å². The van der Waals surface area contributed by atoms with Crippen molar-refractivity contribution < 1.29 is 9.21 Å². The third-order valence-corrected chi connectivity index (χ3v) is 11.8. The standard InChI is InChI=1S/C33H50O2/c1-22(2)8-6-9-23(3)28-13-14-29-27-12-11-25-21-31(34)24(20-26-10-7-19-35-26)15-17-32(25,4)30(27)16-18-33(28,29)5/h7,10,19-20,22-23,25,27-30H,6,8-9,11-18,21H2,1-5H3/b24-20+/t23-,25+,27-,28-,29+,30-,32+,33-/m1/s1. The van der Waals surface area contributed by atoms with Crippen LogP contribution in [0.1, 0.15) is 117 Å². The number of hydrogen-bond acceptors (Lipinski definition) is 2. The van der Waals surface area contributed by atoms with E-state index < -0.39 is 0 Å². The Balaban J connectivity index is 1.31. The van der Waals surface area contributed by atoms with Gasteiger partial charge in [-0.3, -0.25) is 4.79 Å². The van der Waals surface area contributed by atoms with E-state index in [1.54, 1.807) is 6.26 Å². The molecule has 1 heterocycles. The zero-order valence-electron chi connectivity index (χ0n) is 23.2. The molecule has 0 N–H and O–H groups in total. The van der Waals surface area contributed by atoms with Gasteiger partial charge >= 0.3 is 0 Å². The highest BCUT2D eigenvalue weighted by atomic mass is 16.3. The number of rotatable bonds is 6. The van der Waals surface area contributed by atoms with Crippen LogP contribution in [0.4, 0.5) is 0 Å². The monoisotopic (exact) mass is 478 g/mol. The number of carbonyl (C=O) groups is 1. The van der Waals surface area contributed by atoms with Gasteiger partial charge in [0.2, 0.25) is 0 Å². The van der Waals surface area contributed by atoms with Crippen molar-refractivity contribution in [3.05, 3.63) is 29.7 Å². The Morgan fingerprint density at radius 1 is 1.00 bits per heavy atom. The summed E-state index contributed by atoms with van der Waals surface area (Å²) in [6, 6.07) is 3.89. The first-order chi connectivity index (χ1) is 16.7. The van der Waals surface area contributed by atoms with Gasteiger partial charge in [0.05, 0.1) is 6.26 Å². The maximum absolute atomic E-state index is 13.3. The Morgan fingerprint density at radius 2 is 1.80 bits per heavy atom. The van der Waals surface area contributed by atoms with E-state index in [4.69, 9.17) is 4.42 Å². The first-order valence-corrected chi connectivity index (χ1v) is 15.0. The van der Waals surface area contributed by atoms with Crippen molar-refractivity contribution >= 4 is 11.9 Å². The van der Waals surface area contributed by atoms with Gasteiger partial charge in [-0.2, -0.15) is 0 Å². The topological polar surface area (TPSA) is 30.2 Å². The smallest absolute Gasteiger partial charge is 0.159 e. The Labute approximate surface area is 214 Å². The number of Topliss-reactive ketones (excluding diaryl/α,β-unsaturated/α-hetero) is 1. The summed E-state index contributed by atoms with van der Waals surface area (Å²) in [5.74, 6) is 7.00. The first-order valence-electron chi connectivity index (χ1n) is 15.0. The molecule has 5 rings (SSSR count). The maximum atomic E-state index is 13.3. The van der Waals surface area contributed by atoms with Crippen LogP contribution in [0, 0.1) is 52.3 Å². The van der Waals surface area contributed by atoms with E-state index in [-0.39, 0.29) is 0 Å². The van der Waals surface area contributed by atoms with Gasteiger partial charge in [0.1, 0.15) is 5.76 Å². The van der Waals surface area contributed by atoms with Crippen molar-refractivity contribution in [2.45, 2.75) is 112 Å². The molecule has 0 saturated heterocycles. The summed E-state index contributed by atoms with van der Waals surface area (Å²) < 4.78 is 5.55. The van der Waals surface area contributed by atoms with Crippen molar-refractivity contribution in [2.75, 3.05) is 0 Å². The molecule has 35 heavy (non-hydrogen) atoms. The summed E-state index contributed by atoms with van der Waals surface area (Å²) in [7, 11) is 0. The Morgan fingerprint density at radius 3 is 2.54 bits per heavy atom. The van der Waals surface area contributed by atoms with Crippen LogP contribution in [0.15, 0.2) is 28.4 Å². The van der Waals surface area contributed by atoms with Crippen LogP contribution in [0.2, 0.25) is 0 Å². The van der Waals surface area contributed by atoms with Crippen molar-refractivity contribution in [1.29, 1.82) is 0 Å². The van der Waals surface area contributed by atoms with Gasteiger partial charge in [-0.1, -0.05) is 53.9 Å². The number of fused-ring (bicyclic) bond motifs is 5. The minimum Gasteiger partial charge on any atom is -0.465 e. The van der Waals surface area contributed by atoms with Crippen LogP contribution in [0.25, 0.3) is 6.08 Å². The largest absolute Gasteiger partial charge is 0.465 e. The zero-order chi connectivity index (χ0) is 24.8. The molecule has 0 aromatic carbocycles. The van der Waals surface area contributed by atoms with Crippen LogP contribution in [-0.2, 0) is 4.79 Å². The number of furan rings is 1. The molecule has 0 radical (unpaired) electrons. The molecule has 194 valence electrons. The van der Waals surface area contributed by atoms with Crippen LogP contribution in [-0.4, -0.2) is 5.78 Å². The van der Waals surface area contributed by atoms with Crippen molar-refractivity contribution in [3.63, 3.8) is 0 Å². The molecule has 0 spiro atoms. The van der Waals surface area contributed by atoms with E-state index in [1.807, 2.05) is 18.2 Å². The Kier molecular flexibility index (Phi) is 7.14. The summed E-state index contributed by atoms with van der Waals surface area (Å²) in [5.41, 5.74) is 1.87. The van der Waals surface area contributed by atoms with Gasteiger partial charge in [-0.15, -0.1) is 0 Å². The Bertz CT molecular complexity index is 910. The second-order valence-corrected chi connectivity index (χ2v) is 14.0. The van der Waals surface area contributed by atoms with Crippen molar-refractivity contribution in [2.24, 2.45) is 52.3 Å². The summed E-state index contributed by atoms with van der Waals surface area (Å²) in [6.45, 7) is 12.6. The molecule has 1 aromatic heterocycles. The normalized spacial score (nSPS) is 41.4. The van der Waals surface area contributed by atoms with Gasteiger partial charge in [-0.05, 0) is 127 Å². The second kappa shape index (κ2) is 9.86. The average Bonchev–Trinajstić information content (AvgIpc) is 3.42. The van der Waals surface area contributed by atoms with Crippen LogP contribution in [0.3, 0.4) is 0 Å². The molecule has 4 saturated carbocycles. The first kappa shape index (κ1) is 25.3. The highest BCUT2D eigenvalue weighted by molar-refractivity contribution is 5.99. The molecule has 0 aliphatic heterocycles. The molecule has 4 aliphatic carbocycles. The van der Waals surface area contributed by atoms with Gasteiger partial charge in [0.25, 0.3) is 0 Å². The number of hydrogen-bond donors (Lipinski definition) is 0. The molecule has 8 atom stereocenters. The van der Waals surface area contributed by atoms with Crippen molar-refractivity contribution in [1.82, 2.24) is 0 Å². The average molecular weight is 479 g/mol. The highest BCUT2D eigenvalue weighted by Crippen LogP contribution is 2.68. The molecule has 1 aromatic rings. The lowest BCUT2D eigenvalue weighted by Crippen LogP contribution is -2.52. The summed E-state index contributed by atoms with van der Waals surface area (Å²) >= 11 is 0. The van der Waals surface area contributed by atoms with E-state index in [1.165, 1.54) is 64.2 Å². The lowest BCUT2D eigenvalue weighted by molar-refractivity contribution is -0.123. The van der Waals surface area contributed by atoms with Gasteiger partial charge < -0.3 is 4.42 Å². The molecular weight excluding hydrogens is 428 g/mol. The quantitative estimate of drug-likeness (QED) is 0.381. The SMILES string of the molecule is CC(C)CCC[C@@H](C)[C@H]1CC[C@H]2[C@H]3CC[C@H]4CC(=O)/C(=C/c5ccco5)CC[C@]4(C)[C@@H]3CC[C@]12C. The van der Waals surface area contributed by atoms with Crippen LogP contribution < -0.4 is 0 Å². The molecule has 0 bridgehead atoms. The minimum absolute atomic E-state index is 0.319. The summed E-state index contributed by atoms with van der Waals surface area (Å²) in [5, 5.41) is 0. The number of carbonyl (C=O) groups excluding carboxylic acids is 1. The highest BCUT2D eigenvalue weighted by Gasteiger charge is 2.60. The van der Waals surface area contributed by atoms with Gasteiger partial charge in [0, 0.05) is 6.42 Å². The maximum Gasteiger partial charge on any atom is 0.159 e. The predicted octanol–water partition coefficient (Wildman–Crippen LogP) is 9.35. The Hall–Kier alpha value is -1.31. The third-order valence-electron chi connectivity index (χ3n) is 11.8. The predicted molar refractivity (Wildman–Crippen MR) is 145 cm³/mol. The van der Waals surface area contributed by atoms with Crippen molar-refractivity contribution in [3.8, 4) is 0 Å². The molecule has 0 amide bonds. The van der Waals surface area contributed by atoms with E-state index >= 15 is 0 Å². The lowest BCUT2D eigenvalue weighted by Gasteiger charge is -2.59. The fraction of sp³-hybridized carbons (Fsp3) is 0.788. The van der Waals surface area contributed by atoms with E-state index in [2.05, 4.69) is 34.6 Å². The number of ketones is 1.